The minimum atomic E-state index is -1.93. The zero-order valence-electron chi connectivity index (χ0n) is 35.9. The fourth-order valence-electron chi connectivity index (χ4n) is 9.50. The summed E-state index contributed by atoms with van der Waals surface area (Å²) in [4.78, 5) is 0. The first kappa shape index (κ1) is 46.9. The Morgan fingerprint density at radius 2 is 0.320 bits per heavy atom. The van der Waals surface area contributed by atoms with Gasteiger partial charge in [-0.05, 0) is 0 Å². The van der Waals surface area contributed by atoms with Crippen LogP contribution in [0.3, 0.4) is 0 Å². The van der Waals surface area contributed by atoms with Crippen molar-refractivity contribution in [2.24, 2.45) is 0 Å². The van der Waals surface area contributed by atoms with E-state index in [4.69, 9.17) is 4.42 Å². The normalized spacial score (nSPS) is 11.9. The van der Waals surface area contributed by atoms with E-state index in [-0.39, 0.29) is 0 Å². The fraction of sp³-hybridized carbons (Fsp3) is 0. The van der Waals surface area contributed by atoms with Gasteiger partial charge in [-0.15, -0.1) is 0 Å². The number of phenols is 28. The van der Waals surface area contributed by atoms with Crippen molar-refractivity contribution in [3.05, 3.63) is 0 Å². The molecule has 0 bridgehead atoms. The Kier molecular flexibility index (Phi) is 9.01. The molecule has 0 fully saturated rings. The summed E-state index contributed by atoms with van der Waals surface area (Å²) in [6.07, 6.45) is 0. The van der Waals surface area contributed by atoms with Crippen molar-refractivity contribution < 1.29 is 147 Å². The monoisotopic (exact) mass is 1040 g/mol. The smallest absolute Gasteiger partial charge is 0.205 e. The van der Waals surface area contributed by atoms with Gasteiger partial charge >= 0.3 is 0 Å². The average molecular weight is 1040 g/mol. The molecule has 0 amide bonds. The van der Waals surface area contributed by atoms with Crippen LogP contribution < -0.4 is 0 Å². The minimum Gasteiger partial charge on any atom is -0.506 e. The number of rotatable bonds is 3. The van der Waals surface area contributed by atoms with Crippen molar-refractivity contribution in [2.75, 3.05) is 0 Å². The van der Waals surface area contributed by atoms with E-state index >= 15 is 0 Å². The maximum atomic E-state index is 12.0. The van der Waals surface area contributed by atoms with Crippen molar-refractivity contribution >= 4 is 65.0 Å². The topological polar surface area (TPSA) is 580 Å². The van der Waals surface area contributed by atoms with E-state index in [2.05, 4.69) is 0 Å². The van der Waals surface area contributed by atoms with Crippen LogP contribution in [-0.2, 0) is 0 Å². The lowest BCUT2D eigenvalue weighted by Crippen LogP contribution is -1.97. The van der Waals surface area contributed by atoms with Gasteiger partial charge in [-0.2, -0.15) is 0 Å². The number of fused-ring (bicyclic) bond motifs is 7. The van der Waals surface area contributed by atoms with E-state index in [0.29, 0.717) is 0 Å². The van der Waals surface area contributed by atoms with Crippen molar-refractivity contribution in [1.82, 2.24) is 0 Å². The highest BCUT2D eigenvalue weighted by atomic mass is 16.4. The summed E-state index contributed by atoms with van der Waals surface area (Å²) in [6.45, 7) is 0. The highest BCUT2D eigenvalue weighted by Crippen LogP contribution is 2.70. The molecule has 0 atom stereocenters. The Labute approximate surface area is 406 Å². The second kappa shape index (κ2) is 14.4. The van der Waals surface area contributed by atoms with E-state index in [1.807, 2.05) is 0 Å². The van der Waals surface area contributed by atoms with Gasteiger partial charge in [0.15, 0.2) is 103 Å². The molecular formula is C46H28O29. The minimum absolute atomic E-state index is 1.09. The molecule has 9 aromatic carbocycles. The molecule has 1 heterocycles. The molecule has 0 spiro atoms. The van der Waals surface area contributed by atoms with E-state index < -0.39 is 259 Å². The molecule has 10 aromatic rings. The van der Waals surface area contributed by atoms with Crippen molar-refractivity contribution in [2.45, 2.75) is 0 Å². The Bertz CT molecular complexity index is 4320. The van der Waals surface area contributed by atoms with Crippen LogP contribution >= 0.6 is 0 Å². The summed E-state index contributed by atoms with van der Waals surface area (Å²) in [6, 6.07) is 0. The second-order valence-corrected chi connectivity index (χ2v) is 16.5. The molecule has 386 valence electrons. The molecule has 29 nitrogen and oxygen atoms in total. The Hall–Kier alpha value is -11.8. The number of hydrogen-bond donors (Lipinski definition) is 28. The first-order chi connectivity index (χ1) is 35.0. The highest BCUT2D eigenvalue weighted by molar-refractivity contribution is 6.35. The van der Waals surface area contributed by atoms with Gasteiger partial charge in [0.1, 0.15) is 5.75 Å². The highest BCUT2D eigenvalue weighted by Gasteiger charge is 2.41. The van der Waals surface area contributed by atoms with Gasteiger partial charge < -0.3 is 147 Å². The maximum absolute atomic E-state index is 12.0. The van der Waals surface area contributed by atoms with Gasteiger partial charge in [0, 0.05) is 54.6 Å². The number of benzene rings is 9. The molecule has 1 aromatic heterocycles. The first-order valence-electron chi connectivity index (χ1n) is 20.2. The lowest BCUT2D eigenvalue weighted by molar-refractivity contribution is 0.346. The predicted octanol–water partition coefficient (Wildman–Crippen LogP) is 4.96. The summed E-state index contributed by atoms with van der Waals surface area (Å²) >= 11 is 0. The third-order valence-electron chi connectivity index (χ3n) is 12.9. The lowest BCUT2D eigenvalue weighted by atomic mass is 9.81. The van der Waals surface area contributed by atoms with Gasteiger partial charge in [0.05, 0.1) is 32.7 Å². The van der Waals surface area contributed by atoms with Crippen molar-refractivity contribution in [3.63, 3.8) is 0 Å². The Morgan fingerprint density at radius 3 is 0.667 bits per heavy atom. The SMILES string of the molecule is Oc1c(O)c(-c2c3c(O)c(O)c(O)c(O)c3c(-c3c(O)c(O)c(O)c4oc5c(O)c6c(O)c(O)c(O)c(O)c6c(O)c5c34)c3c(O)c(O)c(O)c(O)c23)c(O)c(O)c1-c1c(O)c(O)c(O)c2c(O)c(O)c(O)c(O)c12. The van der Waals surface area contributed by atoms with Crippen LogP contribution in [0, 0.1) is 0 Å². The number of hydrogen-bond acceptors (Lipinski definition) is 29. The number of aromatic hydroxyl groups is 28. The summed E-state index contributed by atoms with van der Waals surface area (Å²) < 4.78 is 5.56. The van der Waals surface area contributed by atoms with Gasteiger partial charge in [-0.1, -0.05) is 0 Å². The predicted molar refractivity (Wildman–Crippen MR) is 247 cm³/mol. The molecule has 0 aliphatic rings. The molecule has 28 N–H and O–H groups in total. The molecule has 0 aliphatic carbocycles. The molecule has 0 radical (unpaired) electrons. The van der Waals surface area contributed by atoms with Crippen LogP contribution in [0.1, 0.15) is 0 Å². The molecule has 29 heteroatoms. The molecule has 0 saturated heterocycles. The van der Waals surface area contributed by atoms with Gasteiger partial charge in [0.25, 0.3) is 0 Å². The van der Waals surface area contributed by atoms with Gasteiger partial charge in [-0.25, -0.2) is 0 Å². The Balaban J connectivity index is 1.49. The van der Waals surface area contributed by atoms with Crippen molar-refractivity contribution in [1.29, 1.82) is 0 Å². The van der Waals surface area contributed by atoms with Crippen LogP contribution in [0.25, 0.3) is 98.4 Å². The van der Waals surface area contributed by atoms with E-state index in [9.17, 15) is 143 Å². The molecule has 10 rings (SSSR count). The standard InChI is InChI=1S/C46H28O29/c47-17-14-15(32(62)42(72)41(71)31(14)61)33(63)46-16(17)10-7(22(52)43(73)44(74)45(10)75-46)1-3-5(20(50)37(67)35(65)18(3)48)2(6-4(1)19(49)36(66)38(68)21(6)51)11-25(55)27(57)12(28(58)26(11)56)8-9-13(29(59)34(64)23(8)53)30(60)40(70)39(69)24(9)54/h47-74H. The molecule has 0 aliphatic heterocycles. The number of phenolic OH excluding ortho intramolecular Hbond substituents is 28. The van der Waals surface area contributed by atoms with Gasteiger partial charge in [-0.3, -0.25) is 0 Å². The lowest BCUT2D eigenvalue weighted by Gasteiger charge is -2.25. The molecule has 0 unspecified atom stereocenters. The molecular weight excluding hydrogens is 1020 g/mol. The first-order valence-corrected chi connectivity index (χ1v) is 20.2. The second-order valence-electron chi connectivity index (χ2n) is 16.5. The average Bonchev–Trinajstić information content (AvgIpc) is 3.78. The third kappa shape index (κ3) is 5.20. The molecule has 0 saturated carbocycles. The van der Waals surface area contributed by atoms with Crippen LogP contribution in [0.4, 0.5) is 0 Å². The van der Waals surface area contributed by atoms with Gasteiger partial charge in [0.2, 0.25) is 63.2 Å². The van der Waals surface area contributed by atoms with E-state index in [1.54, 1.807) is 0 Å². The third-order valence-corrected chi connectivity index (χ3v) is 12.9. The van der Waals surface area contributed by atoms with E-state index in [1.165, 1.54) is 0 Å². The van der Waals surface area contributed by atoms with Crippen LogP contribution in [-0.4, -0.2) is 143 Å². The fourth-order valence-corrected chi connectivity index (χ4v) is 9.50. The quantitative estimate of drug-likeness (QED) is 0.0631. The van der Waals surface area contributed by atoms with Crippen molar-refractivity contribution in [3.8, 4) is 194 Å². The van der Waals surface area contributed by atoms with Crippen LogP contribution in [0.5, 0.6) is 161 Å². The molecule has 75 heavy (non-hydrogen) atoms. The number of furan rings is 1. The summed E-state index contributed by atoms with van der Waals surface area (Å²) in [5.74, 6) is -47.2. The zero-order valence-corrected chi connectivity index (χ0v) is 35.9. The van der Waals surface area contributed by atoms with E-state index in [0.717, 1.165) is 0 Å². The largest absolute Gasteiger partial charge is 0.506 e. The van der Waals surface area contributed by atoms with Crippen LogP contribution in [0.15, 0.2) is 4.42 Å². The van der Waals surface area contributed by atoms with Crippen LogP contribution in [0.2, 0.25) is 0 Å². The summed E-state index contributed by atoms with van der Waals surface area (Å²) in [7, 11) is 0. The maximum Gasteiger partial charge on any atom is 0.205 e. The summed E-state index contributed by atoms with van der Waals surface area (Å²) in [5.41, 5.74) is -11.2. The Morgan fingerprint density at radius 1 is 0.120 bits per heavy atom. The zero-order chi connectivity index (χ0) is 55.3. The summed E-state index contributed by atoms with van der Waals surface area (Å²) in [5, 5.41) is 301.